The van der Waals surface area contributed by atoms with Gasteiger partial charge in [0.2, 0.25) is 12.0 Å². The fourth-order valence-electron chi connectivity index (χ4n) is 2.98. The molecule has 3 atom stereocenters. The quantitative estimate of drug-likeness (QED) is 0.508. The maximum Gasteiger partial charge on any atom is 0.250 e. The topological polar surface area (TPSA) is 78.8 Å². The van der Waals surface area contributed by atoms with E-state index in [-0.39, 0.29) is 28.4 Å². The minimum Gasteiger partial charge on any atom is -0.341 e. The second-order valence-electron chi connectivity index (χ2n) is 6.16. The summed E-state index contributed by atoms with van der Waals surface area (Å²) in [7, 11) is 0. The lowest BCUT2D eigenvalue weighted by Gasteiger charge is -2.43. The minimum atomic E-state index is -0.553. The first-order valence-electron chi connectivity index (χ1n) is 7.34. The van der Waals surface area contributed by atoms with Crippen LogP contribution in [0.3, 0.4) is 0 Å². The van der Waals surface area contributed by atoms with Crippen molar-refractivity contribution in [3.05, 3.63) is 35.9 Å². The molecule has 1 unspecified atom stereocenters. The van der Waals surface area contributed by atoms with E-state index in [1.165, 1.54) is 6.08 Å². The maximum atomic E-state index is 12.3. The van der Waals surface area contributed by atoms with Crippen molar-refractivity contribution in [1.82, 2.24) is 10.2 Å². The molecule has 0 aliphatic carbocycles. The van der Waals surface area contributed by atoms with Crippen molar-refractivity contribution in [3.63, 3.8) is 0 Å². The minimum absolute atomic E-state index is 0.181. The molecule has 7 heteroatoms. The zero-order valence-corrected chi connectivity index (χ0v) is 13.7. The Labute approximate surface area is 138 Å². The zero-order chi connectivity index (χ0) is 16.6. The highest BCUT2D eigenvalue weighted by molar-refractivity contribution is 8.01. The highest BCUT2D eigenvalue weighted by Gasteiger charge is 2.62. The number of isocyanates is 1. The number of fused-ring (bicyclic) bond motifs is 1. The molecule has 1 N–H and O–H groups in total. The Kier molecular flexibility index (Phi) is 4.00. The summed E-state index contributed by atoms with van der Waals surface area (Å²) >= 11 is 1.54. The number of hydrogen-bond donors (Lipinski definition) is 1. The zero-order valence-electron chi connectivity index (χ0n) is 12.9. The van der Waals surface area contributed by atoms with Crippen LogP contribution in [0.2, 0.25) is 0 Å². The molecule has 0 aromatic heterocycles. The summed E-state index contributed by atoms with van der Waals surface area (Å²) in [5.74, 6) is -0.381. The van der Waals surface area contributed by atoms with Gasteiger partial charge in [0.05, 0.1) is 11.2 Å². The molecule has 3 rings (SSSR count). The van der Waals surface area contributed by atoms with E-state index in [4.69, 9.17) is 0 Å². The van der Waals surface area contributed by atoms with Crippen molar-refractivity contribution in [2.45, 2.75) is 42.6 Å². The number of thioether (sulfide) groups is 1. The summed E-state index contributed by atoms with van der Waals surface area (Å²) in [5, 5.41) is 2.61. The van der Waals surface area contributed by atoms with Crippen LogP contribution in [0.25, 0.3) is 0 Å². The van der Waals surface area contributed by atoms with E-state index in [1.54, 1.807) is 16.7 Å². The summed E-state index contributed by atoms with van der Waals surface area (Å²) in [5.41, 5.74) is 0.900. The van der Waals surface area contributed by atoms with Crippen molar-refractivity contribution in [1.29, 1.82) is 0 Å². The van der Waals surface area contributed by atoms with E-state index in [2.05, 4.69) is 10.3 Å². The summed E-state index contributed by atoms with van der Waals surface area (Å²) in [4.78, 5) is 40.4. The number of amides is 2. The van der Waals surface area contributed by atoms with Crippen LogP contribution < -0.4 is 5.32 Å². The second kappa shape index (κ2) is 5.83. The number of hydrogen-bond acceptors (Lipinski definition) is 5. The monoisotopic (exact) mass is 331 g/mol. The first-order valence-corrected chi connectivity index (χ1v) is 8.22. The van der Waals surface area contributed by atoms with Crippen LogP contribution in [-0.2, 0) is 20.8 Å². The fraction of sp³-hybridized carbons (Fsp3) is 0.438. The summed E-state index contributed by atoms with van der Waals surface area (Å²) in [6.07, 6.45) is 1.25. The molecule has 2 heterocycles. The molecule has 2 fully saturated rings. The molecule has 2 saturated heterocycles. The van der Waals surface area contributed by atoms with Gasteiger partial charge in [-0.05, 0) is 19.4 Å². The van der Waals surface area contributed by atoms with E-state index >= 15 is 0 Å². The normalized spacial score (nSPS) is 27.7. The largest absolute Gasteiger partial charge is 0.341 e. The van der Waals surface area contributed by atoms with Crippen LogP contribution in [-0.4, -0.2) is 45.1 Å². The van der Waals surface area contributed by atoms with Gasteiger partial charge in [0, 0.05) is 0 Å². The van der Waals surface area contributed by atoms with Gasteiger partial charge in [0.1, 0.15) is 11.4 Å². The molecule has 2 aliphatic heterocycles. The van der Waals surface area contributed by atoms with Crippen molar-refractivity contribution in [2.75, 3.05) is 0 Å². The van der Waals surface area contributed by atoms with Crippen LogP contribution in [0.15, 0.2) is 35.3 Å². The lowest BCUT2D eigenvalue weighted by molar-refractivity contribution is -0.150. The summed E-state index contributed by atoms with van der Waals surface area (Å²) in [6, 6.07) is 8.82. The Balaban J connectivity index is 1.66. The predicted molar refractivity (Wildman–Crippen MR) is 86.3 cm³/mol. The van der Waals surface area contributed by atoms with Gasteiger partial charge in [0.15, 0.2) is 6.17 Å². The molecule has 1 aromatic rings. The number of nitrogens with zero attached hydrogens (tertiary/aromatic N) is 2. The van der Waals surface area contributed by atoms with E-state index in [0.717, 1.165) is 5.56 Å². The molecule has 6 nitrogen and oxygen atoms in total. The SMILES string of the molecule is CC1(C)S[C@@H]2[C@H](NC(=O)Cc3ccccc3)C(=O)N2C1N=C=O. The van der Waals surface area contributed by atoms with Crippen LogP contribution in [0.1, 0.15) is 19.4 Å². The Morgan fingerprint density at radius 1 is 1.39 bits per heavy atom. The Morgan fingerprint density at radius 3 is 2.74 bits per heavy atom. The highest BCUT2D eigenvalue weighted by Crippen LogP contribution is 2.50. The van der Waals surface area contributed by atoms with Gasteiger partial charge in [-0.25, -0.2) is 4.79 Å². The van der Waals surface area contributed by atoms with E-state index in [0.29, 0.717) is 0 Å². The van der Waals surface area contributed by atoms with E-state index in [9.17, 15) is 14.4 Å². The lowest BCUT2D eigenvalue weighted by atomic mass is 10.0. The lowest BCUT2D eigenvalue weighted by Crippen LogP contribution is -2.69. The average Bonchev–Trinajstić information content (AvgIpc) is 2.75. The van der Waals surface area contributed by atoms with Crippen LogP contribution in [0.4, 0.5) is 0 Å². The fourth-order valence-corrected chi connectivity index (χ4v) is 4.55. The third-order valence-electron chi connectivity index (χ3n) is 4.09. The molecule has 0 spiro atoms. The number of aliphatic imine (C=N–C) groups is 1. The maximum absolute atomic E-state index is 12.3. The van der Waals surface area contributed by atoms with Crippen molar-refractivity contribution < 1.29 is 14.4 Å². The average molecular weight is 331 g/mol. The van der Waals surface area contributed by atoms with Gasteiger partial charge >= 0.3 is 0 Å². The molecule has 120 valence electrons. The number of β-lactam (4-membered cyclic amide) rings is 1. The molecule has 2 aliphatic rings. The highest BCUT2D eigenvalue weighted by atomic mass is 32.2. The standard InChI is InChI=1S/C16H17N3O3S/c1-16(2)15(17-9-20)19-13(22)12(14(19)23-16)18-11(21)8-10-6-4-3-5-7-10/h3-7,12,14-15H,8H2,1-2H3,(H,18,21)/t12-,14-,15?/m1/s1. The van der Waals surface area contributed by atoms with Crippen LogP contribution in [0, 0.1) is 0 Å². The van der Waals surface area contributed by atoms with Gasteiger partial charge in [-0.3, -0.25) is 9.59 Å². The van der Waals surface area contributed by atoms with Gasteiger partial charge < -0.3 is 10.2 Å². The van der Waals surface area contributed by atoms with E-state index in [1.807, 2.05) is 44.2 Å². The van der Waals surface area contributed by atoms with Gasteiger partial charge in [-0.2, -0.15) is 4.99 Å². The predicted octanol–water partition coefficient (Wildman–Crippen LogP) is 1.07. The molecule has 23 heavy (non-hydrogen) atoms. The third kappa shape index (κ3) is 2.78. The molecule has 0 saturated carbocycles. The summed E-state index contributed by atoms with van der Waals surface area (Å²) in [6.45, 7) is 3.86. The van der Waals surface area contributed by atoms with Gasteiger partial charge in [-0.15, -0.1) is 11.8 Å². The van der Waals surface area contributed by atoms with Crippen molar-refractivity contribution >= 4 is 29.7 Å². The molecular weight excluding hydrogens is 314 g/mol. The molecule has 0 bridgehead atoms. The number of benzene rings is 1. The molecular formula is C16H17N3O3S. The smallest absolute Gasteiger partial charge is 0.250 e. The molecule has 2 amide bonds. The molecule has 0 radical (unpaired) electrons. The number of carbonyl (C=O) groups is 2. The van der Waals surface area contributed by atoms with Gasteiger partial charge in [0.25, 0.3) is 5.91 Å². The van der Waals surface area contributed by atoms with Crippen LogP contribution in [0.5, 0.6) is 0 Å². The Morgan fingerprint density at radius 2 is 2.09 bits per heavy atom. The Bertz CT molecular complexity index is 685. The molecule has 1 aromatic carbocycles. The summed E-state index contributed by atoms with van der Waals surface area (Å²) < 4.78 is -0.378. The van der Waals surface area contributed by atoms with Crippen molar-refractivity contribution in [3.8, 4) is 0 Å². The van der Waals surface area contributed by atoms with Crippen LogP contribution >= 0.6 is 11.8 Å². The van der Waals surface area contributed by atoms with E-state index < -0.39 is 12.2 Å². The van der Waals surface area contributed by atoms with Gasteiger partial charge in [-0.1, -0.05) is 30.3 Å². The number of rotatable bonds is 4. The second-order valence-corrected chi connectivity index (χ2v) is 7.93. The first-order chi connectivity index (χ1) is 10.9. The third-order valence-corrected chi connectivity index (χ3v) is 5.65. The van der Waals surface area contributed by atoms with Crippen molar-refractivity contribution in [2.24, 2.45) is 4.99 Å². The number of carbonyl (C=O) groups excluding carboxylic acids is 3. The first kappa shape index (κ1) is 15.8. The number of nitrogens with one attached hydrogen (secondary N) is 1. The Hall–Kier alpha value is -2.11.